The van der Waals surface area contributed by atoms with Crippen molar-refractivity contribution >= 4 is 0 Å². The van der Waals surface area contributed by atoms with Crippen molar-refractivity contribution in [1.29, 1.82) is 0 Å². The molecule has 3 aromatic rings. The van der Waals surface area contributed by atoms with Crippen LogP contribution in [-0.2, 0) is 13.1 Å². The molecule has 4 rings (SSSR count). The highest BCUT2D eigenvalue weighted by atomic mass is 16.3. The number of hydrogen-bond donors (Lipinski definition) is 1. The van der Waals surface area contributed by atoms with Crippen molar-refractivity contribution in [3.8, 4) is 28.1 Å². The molecule has 0 fully saturated rings. The molecule has 4 heteroatoms. The van der Waals surface area contributed by atoms with Crippen LogP contribution in [0.4, 0.5) is 0 Å². The molecule has 0 saturated carbocycles. The second kappa shape index (κ2) is 6.45. The van der Waals surface area contributed by atoms with E-state index in [-0.39, 0.29) is 11.4 Å². The van der Waals surface area contributed by atoms with Gasteiger partial charge < -0.3 is 5.11 Å². The van der Waals surface area contributed by atoms with E-state index in [1.165, 1.54) is 11.1 Å². The summed E-state index contributed by atoms with van der Waals surface area (Å²) in [6, 6.07) is 10.6. The molecule has 27 heavy (non-hydrogen) atoms. The lowest BCUT2D eigenvalue weighted by molar-refractivity contribution is 0.305. The fourth-order valence-electron chi connectivity index (χ4n) is 4.50. The van der Waals surface area contributed by atoms with Crippen LogP contribution in [0.15, 0.2) is 35.1 Å². The first-order valence-corrected chi connectivity index (χ1v) is 9.61. The highest BCUT2D eigenvalue weighted by molar-refractivity contribution is 5.84. The Morgan fingerprint density at radius 2 is 1.41 bits per heavy atom. The van der Waals surface area contributed by atoms with Crippen LogP contribution < -0.4 is 5.56 Å². The van der Waals surface area contributed by atoms with Crippen molar-refractivity contribution < 1.29 is 5.11 Å². The quantitative estimate of drug-likeness (QED) is 0.717. The van der Waals surface area contributed by atoms with Gasteiger partial charge in [0.1, 0.15) is 5.56 Å². The van der Waals surface area contributed by atoms with Gasteiger partial charge in [0.2, 0.25) is 5.88 Å². The minimum atomic E-state index is -0.0860. The summed E-state index contributed by atoms with van der Waals surface area (Å²) in [7, 11) is 0. The molecular formula is C23H26N2O2. The lowest BCUT2D eigenvalue weighted by Crippen LogP contribution is -2.27. The van der Waals surface area contributed by atoms with Crippen molar-refractivity contribution in [2.45, 2.75) is 53.6 Å². The van der Waals surface area contributed by atoms with Gasteiger partial charge in [0, 0.05) is 13.1 Å². The predicted octanol–water partition coefficient (Wildman–Crippen LogP) is 4.72. The van der Waals surface area contributed by atoms with Crippen LogP contribution in [0.5, 0.6) is 5.88 Å². The minimum absolute atomic E-state index is 0.0860. The fraction of sp³-hybridized carbons (Fsp3) is 0.348. The third kappa shape index (κ3) is 2.71. The lowest BCUT2D eigenvalue weighted by atomic mass is 9.87. The smallest absolute Gasteiger partial charge is 0.278 e. The van der Waals surface area contributed by atoms with E-state index in [4.69, 9.17) is 0 Å². The van der Waals surface area contributed by atoms with E-state index in [1.807, 2.05) is 6.92 Å². The number of benzene rings is 2. The number of hydrogen-bond acceptors (Lipinski definition) is 2. The Bertz CT molecular complexity index is 1090. The zero-order valence-corrected chi connectivity index (χ0v) is 16.5. The van der Waals surface area contributed by atoms with Gasteiger partial charge in [-0.25, -0.2) is 4.68 Å². The maximum absolute atomic E-state index is 13.1. The zero-order valence-electron chi connectivity index (χ0n) is 16.5. The van der Waals surface area contributed by atoms with E-state index in [1.54, 1.807) is 9.36 Å². The van der Waals surface area contributed by atoms with Crippen LogP contribution in [0.1, 0.15) is 35.1 Å². The predicted molar refractivity (Wildman–Crippen MR) is 109 cm³/mol. The summed E-state index contributed by atoms with van der Waals surface area (Å²) in [5.41, 5.74) is 7.98. The number of aryl methyl sites for hydroxylation is 3. The molecule has 1 aliphatic rings. The Kier molecular flexibility index (Phi) is 4.22. The van der Waals surface area contributed by atoms with E-state index in [0.29, 0.717) is 18.7 Å². The number of nitrogens with zero attached hydrogens (tertiary/aromatic N) is 2. The molecule has 0 radical (unpaired) electrons. The molecule has 1 N–H and O–H groups in total. The van der Waals surface area contributed by atoms with Gasteiger partial charge >= 0.3 is 0 Å². The van der Waals surface area contributed by atoms with Gasteiger partial charge in [0.15, 0.2) is 0 Å². The van der Waals surface area contributed by atoms with Gasteiger partial charge in [0.05, 0.1) is 0 Å². The molecule has 0 amide bonds. The second-order valence-electron chi connectivity index (χ2n) is 7.71. The molecule has 2 heterocycles. The summed E-state index contributed by atoms with van der Waals surface area (Å²) in [5.74, 6) is 0.101. The first-order chi connectivity index (χ1) is 12.9. The molecule has 4 nitrogen and oxygen atoms in total. The first-order valence-electron chi connectivity index (χ1n) is 9.61. The summed E-state index contributed by atoms with van der Waals surface area (Å²) in [4.78, 5) is 13.1. The second-order valence-corrected chi connectivity index (χ2v) is 7.71. The maximum Gasteiger partial charge on any atom is 0.278 e. The van der Waals surface area contributed by atoms with Gasteiger partial charge in [-0.1, -0.05) is 35.9 Å². The highest BCUT2D eigenvalue weighted by Gasteiger charge is 2.26. The Labute approximate surface area is 159 Å². The summed E-state index contributed by atoms with van der Waals surface area (Å²) < 4.78 is 3.43. The van der Waals surface area contributed by atoms with Crippen LogP contribution >= 0.6 is 0 Å². The van der Waals surface area contributed by atoms with E-state index >= 15 is 0 Å². The summed E-state index contributed by atoms with van der Waals surface area (Å²) >= 11 is 0. The Morgan fingerprint density at radius 1 is 0.815 bits per heavy atom. The van der Waals surface area contributed by atoms with Crippen molar-refractivity contribution in [2.75, 3.05) is 0 Å². The molecule has 0 unspecified atom stereocenters. The van der Waals surface area contributed by atoms with E-state index in [9.17, 15) is 9.90 Å². The molecule has 1 aliphatic heterocycles. The van der Waals surface area contributed by atoms with Crippen LogP contribution in [-0.4, -0.2) is 14.5 Å². The molecule has 1 aromatic heterocycles. The first kappa shape index (κ1) is 17.7. The molecule has 140 valence electrons. The molecule has 0 aliphatic carbocycles. The van der Waals surface area contributed by atoms with Gasteiger partial charge in [-0.05, 0) is 73.9 Å². The number of rotatable bonds is 2. The summed E-state index contributed by atoms with van der Waals surface area (Å²) in [5, 5.41) is 10.9. The van der Waals surface area contributed by atoms with Crippen LogP contribution in [0.2, 0.25) is 0 Å². The van der Waals surface area contributed by atoms with Crippen LogP contribution in [0.3, 0.4) is 0 Å². The van der Waals surface area contributed by atoms with Crippen molar-refractivity contribution in [3.05, 3.63) is 62.9 Å². The molecule has 2 aromatic carbocycles. The zero-order chi connectivity index (χ0) is 19.3. The van der Waals surface area contributed by atoms with Gasteiger partial charge in [-0.2, -0.15) is 0 Å². The topological polar surface area (TPSA) is 47.2 Å². The normalized spacial score (nSPS) is 13.6. The van der Waals surface area contributed by atoms with E-state index in [0.717, 1.165) is 40.7 Å². The largest absolute Gasteiger partial charge is 0.493 e. The van der Waals surface area contributed by atoms with Crippen LogP contribution in [0, 0.1) is 27.7 Å². The average Bonchev–Trinajstić information content (AvgIpc) is 2.89. The van der Waals surface area contributed by atoms with Crippen molar-refractivity contribution in [2.24, 2.45) is 0 Å². The summed E-state index contributed by atoms with van der Waals surface area (Å²) in [6.45, 7) is 9.63. The van der Waals surface area contributed by atoms with Gasteiger partial charge in [-0.3, -0.25) is 9.48 Å². The summed E-state index contributed by atoms with van der Waals surface area (Å²) in [6.07, 6.45) is 1.96. The molecule has 0 atom stereocenters. The maximum atomic E-state index is 13.1. The van der Waals surface area contributed by atoms with E-state index < -0.39 is 0 Å². The average molecular weight is 362 g/mol. The third-order valence-electron chi connectivity index (χ3n) is 5.76. The SMILES string of the molecule is Cc1ccc(-c2c(C)cc(C)c(-c3c(O)n4n(c3=O)CCCC4)c2C)cc1. The molecule has 0 bridgehead atoms. The third-order valence-corrected chi connectivity index (χ3v) is 5.76. The number of aromatic hydroxyl groups is 1. The fourth-order valence-corrected chi connectivity index (χ4v) is 4.50. The Hall–Kier alpha value is -2.75. The monoisotopic (exact) mass is 362 g/mol. The Morgan fingerprint density at radius 3 is 2.04 bits per heavy atom. The van der Waals surface area contributed by atoms with Gasteiger partial charge in [0.25, 0.3) is 5.56 Å². The standard InChI is InChI=1S/C23H26N2O2/c1-14-7-9-18(10-8-14)19-15(2)13-16(3)20(17(19)4)21-22(26)24-11-5-6-12-25(24)23(21)27/h7-10,13,26H,5-6,11-12H2,1-4H3. The molecule has 0 spiro atoms. The van der Waals surface area contributed by atoms with Crippen molar-refractivity contribution in [3.63, 3.8) is 0 Å². The molecular weight excluding hydrogens is 336 g/mol. The number of fused-ring (bicyclic) bond motifs is 1. The van der Waals surface area contributed by atoms with E-state index in [2.05, 4.69) is 51.1 Å². The lowest BCUT2D eigenvalue weighted by Gasteiger charge is -2.18. The van der Waals surface area contributed by atoms with Gasteiger partial charge in [-0.15, -0.1) is 0 Å². The van der Waals surface area contributed by atoms with Crippen LogP contribution in [0.25, 0.3) is 22.3 Å². The van der Waals surface area contributed by atoms with Crippen molar-refractivity contribution in [1.82, 2.24) is 9.36 Å². The minimum Gasteiger partial charge on any atom is -0.493 e. The highest BCUT2D eigenvalue weighted by Crippen LogP contribution is 2.39. The molecule has 0 saturated heterocycles. The number of aromatic nitrogens is 2. The Balaban J connectivity index is 2.01.